The molecular weight excluding hydrogens is 254 g/mol. The first-order chi connectivity index (χ1) is 9.60. The molecule has 0 N–H and O–H groups in total. The Morgan fingerprint density at radius 2 is 1.85 bits per heavy atom. The van der Waals surface area contributed by atoms with Gasteiger partial charge in [0.05, 0.1) is 11.6 Å². The first-order valence-corrected chi connectivity index (χ1v) is 6.74. The van der Waals surface area contributed by atoms with Crippen LogP contribution in [0.2, 0.25) is 0 Å². The zero-order chi connectivity index (χ0) is 14.5. The lowest BCUT2D eigenvalue weighted by Gasteiger charge is -2.33. The van der Waals surface area contributed by atoms with Crippen molar-refractivity contribution in [3.63, 3.8) is 0 Å². The van der Waals surface area contributed by atoms with E-state index >= 15 is 0 Å². The molecular formula is C15H19N3O2. The van der Waals surface area contributed by atoms with Crippen molar-refractivity contribution < 1.29 is 9.53 Å². The van der Waals surface area contributed by atoms with Gasteiger partial charge in [-0.15, -0.1) is 0 Å². The number of carbonyl (C=O) groups is 1. The monoisotopic (exact) mass is 273 g/mol. The predicted molar refractivity (Wildman–Crippen MR) is 75.3 cm³/mol. The number of benzene rings is 1. The molecule has 1 atom stereocenters. The van der Waals surface area contributed by atoms with E-state index in [-0.39, 0.29) is 5.91 Å². The molecule has 1 heterocycles. The van der Waals surface area contributed by atoms with Gasteiger partial charge in [0.2, 0.25) is 0 Å². The maximum atomic E-state index is 12.3. The fraction of sp³-hybridized carbons (Fsp3) is 0.467. The summed E-state index contributed by atoms with van der Waals surface area (Å²) >= 11 is 0. The molecule has 5 heteroatoms. The van der Waals surface area contributed by atoms with Gasteiger partial charge in [-0.1, -0.05) is 0 Å². The van der Waals surface area contributed by atoms with E-state index in [4.69, 9.17) is 10.00 Å². The molecule has 2 rings (SSSR count). The maximum Gasteiger partial charge on any atom is 0.263 e. The quantitative estimate of drug-likeness (QED) is 0.827. The van der Waals surface area contributed by atoms with Crippen molar-refractivity contribution in [3.05, 3.63) is 29.8 Å². The molecule has 0 bridgehead atoms. The Hall–Kier alpha value is -2.06. The highest BCUT2D eigenvalue weighted by Crippen LogP contribution is 2.14. The molecule has 1 aromatic rings. The summed E-state index contributed by atoms with van der Waals surface area (Å²) < 4.78 is 5.64. The zero-order valence-corrected chi connectivity index (χ0v) is 11.9. The van der Waals surface area contributed by atoms with E-state index < -0.39 is 6.10 Å². The molecule has 1 aromatic carbocycles. The molecule has 1 fully saturated rings. The Morgan fingerprint density at radius 1 is 1.25 bits per heavy atom. The molecule has 0 unspecified atom stereocenters. The van der Waals surface area contributed by atoms with E-state index in [1.165, 1.54) is 0 Å². The van der Waals surface area contributed by atoms with Crippen LogP contribution in [-0.4, -0.2) is 55.0 Å². The van der Waals surface area contributed by atoms with Gasteiger partial charge in [-0.3, -0.25) is 4.79 Å². The van der Waals surface area contributed by atoms with Crippen molar-refractivity contribution in [2.45, 2.75) is 13.0 Å². The van der Waals surface area contributed by atoms with Crippen LogP contribution in [0.1, 0.15) is 12.5 Å². The number of nitriles is 1. The third kappa shape index (κ3) is 3.49. The number of piperazine rings is 1. The van der Waals surface area contributed by atoms with Gasteiger partial charge in [0.15, 0.2) is 6.10 Å². The van der Waals surface area contributed by atoms with E-state index in [1.807, 2.05) is 4.90 Å². The predicted octanol–water partition coefficient (Wildman–Crippen LogP) is 1.10. The van der Waals surface area contributed by atoms with Crippen molar-refractivity contribution in [2.75, 3.05) is 33.2 Å². The highest BCUT2D eigenvalue weighted by atomic mass is 16.5. The number of hydrogen-bond donors (Lipinski definition) is 0. The number of ether oxygens (including phenoxy) is 1. The SMILES string of the molecule is C[C@@H](Oc1ccc(C#N)cc1)C(=O)N1CCN(C)CC1. The van der Waals surface area contributed by atoms with Crippen molar-refractivity contribution in [1.29, 1.82) is 5.26 Å². The minimum atomic E-state index is -0.508. The van der Waals surface area contributed by atoms with Gasteiger partial charge in [-0.25, -0.2) is 0 Å². The first kappa shape index (κ1) is 14.4. The summed E-state index contributed by atoms with van der Waals surface area (Å²) in [5.41, 5.74) is 0.579. The average Bonchev–Trinajstić information content (AvgIpc) is 2.48. The lowest BCUT2D eigenvalue weighted by molar-refractivity contribution is -0.139. The Bertz CT molecular complexity index is 499. The summed E-state index contributed by atoms with van der Waals surface area (Å²) in [4.78, 5) is 16.3. The van der Waals surface area contributed by atoms with Gasteiger partial charge in [0.1, 0.15) is 5.75 Å². The van der Waals surface area contributed by atoms with Crippen LogP contribution in [0, 0.1) is 11.3 Å². The number of nitrogens with zero attached hydrogens (tertiary/aromatic N) is 3. The van der Waals surface area contributed by atoms with Crippen LogP contribution < -0.4 is 4.74 Å². The highest BCUT2D eigenvalue weighted by molar-refractivity contribution is 5.81. The molecule has 106 valence electrons. The fourth-order valence-corrected chi connectivity index (χ4v) is 2.15. The second-order valence-electron chi connectivity index (χ2n) is 5.02. The van der Waals surface area contributed by atoms with Crippen LogP contribution in [-0.2, 0) is 4.79 Å². The van der Waals surface area contributed by atoms with E-state index in [9.17, 15) is 4.79 Å². The van der Waals surface area contributed by atoms with Crippen LogP contribution >= 0.6 is 0 Å². The largest absolute Gasteiger partial charge is 0.481 e. The third-order valence-electron chi connectivity index (χ3n) is 3.46. The van der Waals surface area contributed by atoms with Crippen LogP contribution in [0.3, 0.4) is 0 Å². The van der Waals surface area contributed by atoms with Crippen molar-refractivity contribution in [3.8, 4) is 11.8 Å². The topological polar surface area (TPSA) is 56.6 Å². The number of carbonyl (C=O) groups excluding carboxylic acids is 1. The molecule has 0 saturated carbocycles. The Kier molecular flexibility index (Phi) is 4.59. The number of likely N-dealkylation sites (N-methyl/N-ethyl adjacent to an activating group) is 1. The lowest BCUT2D eigenvalue weighted by Crippen LogP contribution is -2.50. The normalized spacial score (nSPS) is 17.4. The third-order valence-corrected chi connectivity index (χ3v) is 3.46. The maximum absolute atomic E-state index is 12.3. The Balaban J connectivity index is 1.91. The van der Waals surface area contributed by atoms with Crippen molar-refractivity contribution in [2.24, 2.45) is 0 Å². The molecule has 0 aromatic heterocycles. The van der Waals surface area contributed by atoms with E-state index in [0.29, 0.717) is 11.3 Å². The van der Waals surface area contributed by atoms with Gasteiger partial charge < -0.3 is 14.5 Å². The van der Waals surface area contributed by atoms with E-state index in [1.54, 1.807) is 31.2 Å². The minimum Gasteiger partial charge on any atom is -0.481 e. The number of rotatable bonds is 3. The molecule has 1 aliphatic heterocycles. The fourth-order valence-electron chi connectivity index (χ4n) is 2.15. The van der Waals surface area contributed by atoms with E-state index in [2.05, 4.69) is 18.0 Å². The average molecular weight is 273 g/mol. The number of amides is 1. The first-order valence-electron chi connectivity index (χ1n) is 6.74. The summed E-state index contributed by atoms with van der Waals surface area (Å²) in [6, 6.07) is 8.85. The number of hydrogen-bond acceptors (Lipinski definition) is 4. The highest BCUT2D eigenvalue weighted by Gasteiger charge is 2.24. The Morgan fingerprint density at radius 3 is 2.40 bits per heavy atom. The lowest BCUT2D eigenvalue weighted by atomic mass is 10.2. The van der Waals surface area contributed by atoms with Crippen molar-refractivity contribution in [1.82, 2.24) is 9.80 Å². The van der Waals surface area contributed by atoms with Crippen molar-refractivity contribution >= 4 is 5.91 Å². The molecule has 0 radical (unpaired) electrons. The second-order valence-corrected chi connectivity index (χ2v) is 5.02. The molecule has 5 nitrogen and oxygen atoms in total. The van der Waals surface area contributed by atoms with Gasteiger partial charge >= 0.3 is 0 Å². The van der Waals surface area contributed by atoms with Gasteiger partial charge in [-0.05, 0) is 38.2 Å². The minimum absolute atomic E-state index is 0.0162. The molecule has 0 spiro atoms. The second kappa shape index (κ2) is 6.40. The van der Waals surface area contributed by atoms with Crippen LogP contribution in [0.25, 0.3) is 0 Å². The van der Waals surface area contributed by atoms with Crippen LogP contribution in [0.15, 0.2) is 24.3 Å². The summed E-state index contributed by atoms with van der Waals surface area (Å²) in [6.07, 6.45) is -0.508. The van der Waals surface area contributed by atoms with Gasteiger partial charge in [0, 0.05) is 26.2 Å². The summed E-state index contributed by atoms with van der Waals surface area (Å²) in [5.74, 6) is 0.626. The summed E-state index contributed by atoms with van der Waals surface area (Å²) in [7, 11) is 2.05. The van der Waals surface area contributed by atoms with Gasteiger partial charge in [-0.2, -0.15) is 5.26 Å². The van der Waals surface area contributed by atoms with Crippen LogP contribution in [0.4, 0.5) is 0 Å². The van der Waals surface area contributed by atoms with E-state index in [0.717, 1.165) is 26.2 Å². The smallest absolute Gasteiger partial charge is 0.263 e. The summed E-state index contributed by atoms with van der Waals surface area (Å²) in [6.45, 7) is 5.05. The standard InChI is InChI=1S/C15H19N3O2/c1-12(15(19)18-9-7-17(2)8-10-18)20-14-5-3-13(11-16)4-6-14/h3-6,12H,7-10H2,1-2H3/t12-/m1/s1. The molecule has 1 saturated heterocycles. The zero-order valence-electron chi connectivity index (χ0n) is 11.9. The van der Waals surface area contributed by atoms with Gasteiger partial charge in [0.25, 0.3) is 5.91 Å². The molecule has 1 amide bonds. The summed E-state index contributed by atoms with van der Waals surface area (Å²) in [5, 5.41) is 8.73. The van der Waals surface area contributed by atoms with Crippen LogP contribution in [0.5, 0.6) is 5.75 Å². The molecule has 1 aliphatic rings. The molecule has 0 aliphatic carbocycles. The molecule has 20 heavy (non-hydrogen) atoms. The Labute approximate surface area is 119 Å².